The Bertz CT molecular complexity index is 461. The standard InChI is InChI=1S/C15H27BrN4O/c1-4-6-20-7-8-21-14(10-20)11(17)9-13-15(16)12(5-2)18-19(13)3/h11,14H,4-10,17H2,1-3H3. The molecule has 0 aliphatic carbocycles. The fraction of sp³-hybridized carbons (Fsp3) is 0.800. The third-order valence-corrected chi connectivity index (χ3v) is 5.04. The normalized spacial score (nSPS) is 21.7. The van der Waals surface area contributed by atoms with Gasteiger partial charge in [-0.15, -0.1) is 0 Å². The first-order valence-corrected chi connectivity index (χ1v) is 8.65. The van der Waals surface area contributed by atoms with Gasteiger partial charge in [0.05, 0.1) is 28.6 Å². The topological polar surface area (TPSA) is 56.3 Å². The number of nitrogens with zero attached hydrogens (tertiary/aromatic N) is 3. The summed E-state index contributed by atoms with van der Waals surface area (Å²) in [4.78, 5) is 2.45. The van der Waals surface area contributed by atoms with E-state index in [1.165, 1.54) is 6.42 Å². The lowest BCUT2D eigenvalue weighted by atomic mass is 10.0. The van der Waals surface area contributed by atoms with Gasteiger partial charge in [0.25, 0.3) is 0 Å². The molecule has 2 atom stereocenters. The Balaban J connectivity index is 2.00. The molecule has 1 aliphatic heterocycles. The minimum atomic E-state index is 0.000984. The molecule has 2 unspecified atom stereocenters. The maximum absolute atomic E-state index is 6.41. The van der Waals surface area contributed by atoms with Crippen molar-refractivity contribution in [3.05, 3.63) is 15.9 Å². The van der Waals surface area contributed by atoms with Gasteiger partial charge in [0, 0.05) is 32.6 Å². The van der Waals surface area contributed by atoms with Crippen LogP contribution in [0.2, 0.25) is 0 Å². The predicted molar refractivity (Wildman–Crippen MR) is 88.4 cm³/mol. The Morgan fingerprint density at radius 3 is 2.86 bits per heavy atom. The van der Waals surface area contributed by atoms with Gasteiger partial charge in [0.2, 0.25) is 0 Å². The van der Waals surface area contributed by atoms with Gasteiger partial charge in [-0.3, -0.25) is 9.58 Å². The first-order chi connectivity index (χ1) is 10.1. The molecule has 1 saturated heterocycles. The lowest BCUT2D eigenvalue weighted by Gasteiger charge is -2.35. The van der Waals surface area contributed by atoms with E-state index in [-0.39, 0.29) is 12.1 Å². The molecular weight excluding hydrogens is 332 g/mol. The Morgan fingerprint density at radius 2 is 2.24 bits per heavy atom. The van der Waals surface area contributed by atoms with Crippen molar-refractivity contribution >= 4 is 15.9 Å². The number of aryl methyl sites for hydroxylation is 2. The van der Waals surface area contributed by atoms with E-state index in [9.17, 15) is 0 Å². The molecule has 0 aromatic carbocycles. The van der Waals surface area contributed by atoms with Crippen molar-refractivity contribution in [2.75, 3.05) is 26.2 Å². The molecular formula is C15H27BrN4O. The van der Waals surface area contributed by atoms with Gasteiger partial charge in [-0.1, -0.05) is 13.8 Å². The van der Waals surface area contributed by atoms with E-state index >= 15 is 0 Å². The van der Waals surface area contributed by atoms with Crippen LogP contribution in [0.4, 0.5) is 0 Å². The summed E-state index contributed by atoms with van der Waals surface area (Å²) in [6.07, 6.45) is 3.00. The van der Waals surface area contributed by atoms with E-state index in [4.69, 9.17) is 10.5 Å². The lowest BCUT2D eigenvalue weighted by Crippen LogP contribution is -2.51. The number of ether oxygens (including phenoxy) is 1. The van der Waals surface area contributed by atoms with E-state index < -0.39 is 0 Å². The van der Waals surface area contributed by atoms with Crippen LogP contribution in [0.5, 0.6) is 0 Å². The van der Waals surface area contributed by atoms with Crippen molar-refractivity contribution in [1.29, 1.82) is 0 Å². The van der Waals surface area contributed by atoms with Crippen LogP contribution in [0.15, 0.2) is 4.47 Å². The minimum Gasteiger partial charge on any atom is -0.374 e. The van der Waals surface area contributed by atoms with Gasteiger partial charge < -0.3 is 10.5 Å². The smallest absolute Gasteiger partial charge is 0.0856 e. The van der Waals surface area contributed by atoms with E-state index in [2.05, 4.69) is 39.8 Å². The van der Waals surface area contributed by atoms with Gasteiger partial charge in [-0.05, 0) is 35.3 Å². The van der Waals surface area contributed by atoms with Gasteiger partial charge in [0.15, 0.2) is 0 Å². The number of hydrogen-bond acceptors (Lipinski definition) is 4. The monoisotopic (exact) mass is 358 g/mol. The number of halogens is 1. The highest BCUT2D eigenvalue weighted by atomic mass is 79.9. The van der Waals surface area contributed by atoms with Crippen molar-refractivity contribution < 1.29 is 4.74 Å². The quantitative estimate of drug-likeness (QED) is 0.841. The lowest BCUT2D eigenvalue weighted by molar-refractivity contribution is -0.0403. The first-order valence-electron chi connectivity index (χ1n) is 7.86. The van der Waals surface area contributed by atoms with Gasteiger partial charge >= 0.3 is 0 Å². The number of nitrogens with two attached hydrogens (primary N) is 1. The summed E-state index contributed by atoms with van der Waals surface area (Å²) in [5, 5.41) is 4.53. The van der Waals surface area contributed by atoms with Gasteiger partial charge in [-0.25, -0.2) is 0 Å². The number of morpholine rings is 1. The van der Waals surface area contributed by atoms with Crippen molar-refractivity contribution in [3.63, 3.8) is 0 Å². The van der Waals surface area contributed by atoms with Crippen LogP contribution in [-0.4, -0.2) is 53.1 Å². The average molecular weight is 359 g/mol. The second-order valence-electron chi connectivity index (χ2n) is 5.76. The maximum atomic E-state index is 6.41. The summed E-state index contributed by atoms with van der Waals surface area (Å²) in [6.45, 7) is 8.19. The fourth-order valence-electron chi connectivity index (χ4n) is 2.91. The number of aromatic nitrogens is 2. The highest BCUT2D eigenvalue weighted by Crippen LogP contribution is 2.23. The molecule has 21 heavy (non-hydrogen) atoms. The van der Waals surface area contributed by atoms with Crippen LogP contribution in [0.25, 0.3) is 0 Å². The molecule has 120 valence electrons. The second kappa shape index (κ2) is 7.72. The molecule has 0 radical (unpaired) electrons. The second-order valence-corrected chi connectivity index (χ2v) is 6.56. The molecule has 2 N–H and O–H groups in total. The van der Waals surface area contributed by atoms with Gasteiger partial charge in [0.1, 0.15) is 0 Å². The van der Waals surface area contributed by atoms with E-state index in [0.29, 0.717) is 0 Å². The molecule has 0 amide bonds. The van der Waals surface area contributed by atoms with E-state index in [1.54, 1.807) is 0 Å². The molecule has 1 aromatic heterocycles. The van der Waals surface area contributed by atoms with Crippen molar-refractivity contribution in [2.24, 2.45) is 12.8 Å². The van der Waals surface area contributed by atoms with E-state index in [0.717, 1.165) is 54.9 Å². The zero-order valence-corrected chi connectivity index (χ0v) is 14.9. The molecule has 1 aliphatic rings. The first kappa shape index (κ1) is 16.9. The van der Waals surface area contributed by atoms with Crippen LogP contribution < -0.4 is 5.73 Å². The maximum Gasteiger partial charge on any atom is 0.0856 e. The van der Waals surface area contributed by atoms with Crippen LogP contribution >= 0.6 is 15.9 Å². The summed E-state index contributed by atoms with van der Waals surface area (Å²) in [5.41, 5.74) is 8.67. The predicted octanol–water partition coefficient (Wildman–Crippen LogP) is 1.73. The Hall–Kier alpha value is -0.430. The largest absolute Gasteiger partial charge is 0.374 e. The summed E-state index contributed by atoms with van der Waals surface area (Å²) in [5.74, 6) is 0. The Kier molecular flexibility index (Phi) is 6.22. The summed E-state index contributed by atoms with van der Waals surface area (Å²) in [6, 6.07) is 0.000984. The zero-order chi connectivity index (χ0) is 15.4. The molecule has 0 bridgehead atoms. The highest BCUT2D eigenvalue weighted by molar-refractivity contribution is 9.10. The molecule has 2 heterocycles. The number of rotatable bonds is 6. The number of hydrogen-bond donors (Lipinski definition) is 1. The average Bonchev–Trinajstić information content (AvgIpc) is 2.75. The summed E-state index contributed by atoms with van der Waals surface area (Å²) < 4.78 is 8.93. The molecule has 2 rings (SSSR count). The minimum absolute atomic E-state index is 0.000984. The third-order valence-electron chi connectivity index (χ3n) is 4.13. The fourth-order valence-corrected chi connectivity index (χ4v) is 3.68. The van der Waals surface area contributed by atoms with Crippen LogP contribution in [0.3, 0.4) is 0 Å². The summed E-state index contributed by atoms with van der Waals surface area (Å²) in [7, 11) is 1.98. The molecule has 5 nitrogen and oxygen atoms in total. The van der Waals surface area contributed by atoms with Gasteiger partial charge in [-0.2, -0.15) is 5.10 Å². The molecule has 1 aromatic rings. The van der Waals surface area contributed by atoms with Crippen molar-refractivity contribution in [1.82, 2.24) is 14.7 Å². The van der Waals surface area contributed by atoms with Crippen molar-refractivity contribution in [2.45, 2.75) is 45.3 Å². The SMILES string of the molecule is CCCN1CCOC(C(N)Cc2c(Br)c(CC)nn2C)C1. The Labute approximate surface area is 135 Å². The molecule has 1 fully saturated rings. The van der Waals surface area contributed by atoms with E-state index in [1.807, 2.05) is 11.7 Å². The van der Waals surface area contributed by atoms with Crippen molar-refractivity contribution in [3.8, 4) is 0 Å². The third kappa shape index (κ3) is 4.06. The highest BCUT2D eigenvalue weighted by Gasteiger charge is 2.27. The molecule has 0 spiro atoms. The molecule has 0 saturated carbocycles. The van der Waals surface area contributed by atoms with Crippen LogP contribution in [0.1, 0.15) is 31.7 Å². The molecule has 6 heteroatoms. The summed E-state index contributed by atoms with van der Waals surface area (Å²) >= 11 is 3.66. The van der Waals surface area contributed by atoms with Crippen LogP contribution in [0, 0.1) is 0 Å². The Morgan fingerprint density at radius 1 is 1.48 bits per heavy atom. The van der Waals surface area contributed by atoms with Crippen LogP contribution in [-0.2, 0) is 24.6 Å². The zero-order valence-electron chi connectivity index (χ0n) is 13.3.